The van der Waals surface area contributed by atoms with Crippen molar-refractivity contribution < 1.29 is 9.53 Å². The van der Waals surface area contributed by atoms with E-state index in [1.165, 1.54) is 11.1 Å². The highest BCUT2D eigenvalue weighted by molar-refractivity contribution is 5.96. The quantitative estimate of drug-likeness (QED) is 0.741. The zero-order chi connectivity index (χ0) is 13.1. The smallest absolute Gasteiger partial charge is 0.163 e. The van der Waals surface area contributed by atoms with E-state index in [1.807, 2.05) is 32.9 Å². The lowest BCUT2D eigenvalue weighted by Gasteiger charge is -2.34. The fourth-order valence-corrected chi connectivity index (χ4v) is 2.73. The summed E-state index contributed by atoms with van der Waals surface area (Å²) in [6, 6.07) is 6.09. The molecule has 0 spiro atoms. The molecule has 0 saturated heterocycles. The Balaban J connectivity index is 1.89. The molecule has 0 unspecified atom stereocenters. The summed E-state index contributed by atoms with van der Waals surface area (Å²) in [6.45, 7) is 6.88. The Bertz CT molecular complexity index is 410. The van der Waals surface area contributed by atoms with Crippen LogP contribution in [0.1, 0.15) is 47.7 Å². The van der Waals surface area contributed by atoms with Crippen LogP contribution in [-0.4, -0.2) is 18.5 Å². The second kappa shape index (κ2) is 5.66. The van der Waals surface area contributed by atoms with E-state index in [1.54, 1.807) is 0 Å². The number of benzene rings is 1. The zero-order valence-electron chi connectivity index (χ0n) is 11.5. The second-order valence-corrected chi connectivity index (χ2v) is 5.42. The number of ketones is 1. The summed E-state index contributed by atoms with van der Waals surface area (Å²) >= 11 is 0. The highest BCUT2D eigenvalue weighted by Crippen LogP contribution is 2.33. The molecular formula is C16H22O2. The van der Waals surface area contributed by atoms with E-state index in [4.69, 9.17) is 4.74 Å². The molecule has 0 aromatic heterocycles. The molecule has 1 saturated carbocycles. The van der Waals surface area contributed by atoms with Gasteiger partial charge in [0.25, 0.3) is 0 Å². The largest absolute Gasteiger partial charge is 0.378 e. The van der Waals surface area contributed by atoms with Gasteiger partial charge in [0.1, 0.15) is 0 Å². The van der Waals surface area contributed by atoms with E-state index in [0.717, 1.165) is 25.0 Å². The lowest BCUT2D eigenvalue weighted by molar-refractivity contribution is -0.0246. The van der Waals surface area contributed by atoms with Crippen LogP contribution in [0, 0.1) is 19.8 Å². The molecule has 2 nitrogen and oxygen atoms in total. The number of hydrogen-bond donors (Lipinski definition) is 0. The van der Waals surface area contributed by atoms with Crippen molar-refractivity contribution in [2.75, 3.05) is 6.61 Å². The first kappa shape index (κ1) is 13.3. The Morgan fingerprint density at radius 1 is 1.22 bits per heavy atom. The highest BCUT2D eigenvalue weighted by Gasteiger charge is 2.31. The summed E-state index contributed by atoms with van der Waals surface area (Å²) < 4.78 is 5.52. The minimum absolute atomic E-state index is 0.279. The molecule has 0 atom stereocenters. The van der Waals surface area contributed by atoms with E-state index in [9.17, 15) is 4.79 Å². The number of Topliss-reactive ketones (excluding diaryl/α,β-unsaturated/α-hetero) is 1. The third-order valence-corrected chi connectivity index (χ3v) is 3.61. The van der Waals surface area contributed by atoms with E-state index < -0.39 is 0 Å². The number of ether oxygens (including phenoxy) is 1. The monoisotopic (exact) mass is 246 g/mol. The van der Waals surface area contributed by atoms with Gasteiger partial charge in [-0.3, -0.25) is 4.79 Å². The Morgan fingerprint density at radius 3 is 2.39 bits per heavy atom. The average Bonchev–Trinajstić information content (AvgIpc) is 2.24. The van der Waals surface area contributed by atoms with Gasteiger partial charge >= 0.3 is 0 Å². The highest BCUT2D eigenvalue weighted by atomic mass is 16.5. The van der Waals surface area contributed by atoms with E-state index in [-0.39, 0.29) is 5.78 Å². The van der Waals surface area contributed by atoms with Crippen LogP contribution in [0.4, 0.5) is 0 Å². The molecule has 2 rings (SSSR count). The minimum atomic E-state index is 0.279. The number of rotatable bonds is 5. The maximum atomic E-state index is 12.2. The molecule has 0 heterocycles. The van der Waals surface area contributed by atoms with Gasteiger partial charge in [-0.25, -0.2) is 0 Å². The van der Waals surface area contributed by atoms with Gasteiger partial charge in [-0.2, -0.15) is 0 Å². The first-order valence-corrected chi connectivity index (χ1v) is 6.81. The predicted octanol–water partition coefficient (Wildman–Crippen LogP) is 3.69. The molecule has 0 bridgehead atoms. The van der Waals surface area contributed by atoms with Gasteiger partial charge in [0.2, 0.25) is 0 Å². The minimum Gasteiger partial charge on any atom is -0.378 e. The molecule has 0 amide bonds. The molecule has 2 heteroatoms. The molecule has 0 N–H and O–H groups in total. The van der Waals surface area contributed by atoms with Gasteiger partial charge < -0.3 is 4.74 Å². The Hall–Kier alpha value is -1.15. The Kier molecular flexibility index (Phi) is 4.18. The van der Waals surface area contributed by atoms with Crippen molar-refractivity contribution in [2.24, 2.45) is 5.92 Å². The lowest BCUT2D eigenvalue weighted by Crippen LogP contribution is -2.32. The fraction of sp³-hybridized carbons (Fsp3) is 0.562. The van der Waals surface area contributed by atoms with Gasteiger partial charge in [0, 0.05) is 18.6 Å². The normalized spacial score (nSPS) is 22.6. The van der Waals surface area contributed by atoms with E-state index in [2.05, 4.69) is 6.07 Å². The van der Waals surface area contributed by atoms with Gasteiger partial charge in [-0.15, -0.1) is 0 Å². The van der Waals surface area contributed by atoms with Crippen LogP contribution < -0.4 is 0 Å². The summed E-state index contributed by atoms with van der Waals surface area (Å²) in [5.41, 5.74) is 3.20. The van der Waals surface area contributed by atoms with Crippen LogP contribution in [-0.2, 0) is 4.74 Å². The maximum absolute atomic E-state index is 12.2. The number of carbonyl (C=O) groups excluding carboxylic acids is 1. The van der Waals surface area contributed by atoms with Crippen LogP contribution in [0.5, 0.6) is 0 Å². The van der Waals surface area contributed by atoms with Crippen LogP contribution in [0.25, 0.3) is 0 Å². The molecule has 1 fully saturated rings. The molecule has 1 aromatic rings. The maximum Gasteiger partial charge on any atom is 0.163 e. The first-order valence-electron chi connectivity index (χ1n) is 6.81. The van der Waals surface area contributed by atoms with Gasteiger partial charge in [-0.1, -0.05) is 17.2 Å². The SMILES string of the molecule is CCOC1CC(CC(=O)c2cc(C)cc(C)c2)C1. The van der Waals surface area contributed by atoms with Gasteiger partial charge in [0.15, 0.2) is 5.78 Å². The standard InChI is InChI=1S/C16H22O2/c1-4-18-15-8-13(9-15)10-16(17)14-6-11(2)5-12(3)7-14/h5-7,13,15H,4,8-10H2,1-3H3. The van der Waals surface area contributed by atoms with Crippen molar-refractivity contribution >= 4 is 5.78 Å². The fourth-order valence-electron chi connectivity index (χ4n) is 2.73. The summed E-state index contributed by atoms with van der Waals surface area (Å²) in [7, 11) is 0. The van der Waals surface area contributed by atoms with Crippen LogP contribution in [0.2, 0.25) is 0 Å². The molecule has 0 radical (unpaired) electrons. The zero-order valence-corrected chi connectivity index (χ0v) is 11.5. The van der Waals surface area contributed by atoms with Crippen molar-refractivity contribution in [3.63, 3.8) is 0 Å². The molecular weight excluding hydrogens is 224 g/mol. The first-order chi connectivity index (χ1) is 8.58. The molecule has 1 aliphatic rings. The Labute approximate surface area is 109 Å². The third-order valence-electron chi connectivity index (χ3n) is 3.61. The van der Waals surface area contributed by atoms with Crippen LogP contribution in [0.3, 0.4) is 0 Å². The van der Waals surface area contributed by atoms with Crippen LogP contribution in [0.15, 0.2) is 18.2 Å². The van der Waals surface area contributed by atoms with Crippen LogP contribution >= 0.6 is 0 Å². The predicted molar refractivity (Wildman–Crippen MR) is 73.0 cm³/mol. The summed E-state index contributed by atoms with van der Waals surface area (Å²) in [5.74, 6) is 0.802. The molecule has 1 aliphatic carbocycles. The van der Waals surface area contributed by atoms with Gasteiger partial charge in [0.05, 0.1) is 6.10 Å². The Morgan fingerprint density at radius 2 is 1.83 bits per heavy atom. The van der Waals surface area contributed by atoms with E-state index >= 15 is 0 Å². The van der Waals surface area contributed by atoms with Crippen molar-refractivity contribution in [1.29, 1.82) is 0 Å². The molecule has 98 valence electrons. The number of hydrogen-bond acceptors (Lipinski definition) is 2. The third kappa shape index (κ3) is 3.20. The van der Waals surface area contributed by atoms with Crippen molar-refractivity contribution in [3.8, 4) is 0 Å². The lowest BCUT2D eigenvalue weighted by atomic mass is 9.78. The average molecular weight is 246 g/mol. The van der Waals surface area contributed by atoms with Crippen molar-refractivity contribution in [1.82, 2.24) is 0 Å². The second-order valence-electron chi connectivity index (χ2n) is 5.42. The summed E-state index contributed by atoms with van der Waals surface area (Å²) in [4.78, 5) is 12.2. The molecule has 18 heavy (non-hydrogen) atoms. The van der Waals surface area contributed by atoms with Crippen molar-refractivity contribution in [2.45, 2.75) is 46.1 Å². The number of aryl methyl sites for hydroxylation is 2. The molecule has 1 aromatic carbocycles. The topological polar surface area (TPSA) is 26.3 Å². The van der Waals surface area contributed by atoms with Crippen molar-refractivity contribution in [3.05, 3.63) is 34.9 Å². The molecule has 0 aliphatic heterocycles. The summed E-state index contributed by atoms with van der Waals surface area (Å²) in [6.07, 6.45) is 3.16. The van der Waals surface area contributed by atoms with E-state index in [0.29, 0.717) is 18.4 Å². The number of carbonyl (C=O) groups is 1. The summed E-state index contributed by atoms with van der Waals surface area (Å²) in [5, 5.41) is 0. The van der Waals surface area contributed by atoms with Gasteiger partial charge in [-0.05, 0) is 51.7 Å².